The highest BCUT2D eigenvalue weighted by molar-refractivity contribution is 6.32. The summed E-state index contributed by atoms with van der Waals surface area (Å²) in [5.41, 5.74) is 0.475. The third-order valence-corrected chi connectivity index (χ3v) is 3.04. The first-order valence-corrected chi connectivity index (χ1v) is 6.30. The molecule has 0 spiro atoms. The minimum Gasteiger partial charge on any atom is -0.495 e. The van der Waals surface area contributed by atoms with E-state index in [0.717, 1.165) is 6.07 Å². The average molecular weight is 317 g/mol. The summed E-state index contributed by atoms with van der Waals surface area (Å²) in [6.45, 7) is 0. The molecule has 2 rings (SSSR count). The lowest BCUT2D eigenvalue weighted by atomic mass is 10.2. The topological polar surface area (TPSA) is 43.4 Å². The van der Waals surface area contributed by atoms with Gasteiger partial charge in [-0.1, -0.05) is 23.2 Å². The van der Waals surface area contributed by atoms with Crippen molar-refractivity contribution in [2.24, 2.45) is 0 Å². The molecule has 1 aromatic heterocycles. The van der Waals surface area contributed by atoms with Crippen molar-refractivity contribution in [1.29, 1.82) is 0 Å². The van der Waals surface area contributed by atoms with Crippen LogP contribution in [-0.2, 0) is 0 Å². The number of benzene rings is 1. The van der Waals surface area contributed by atoms with Crippen molar-refractivity contribution in [3.8, 4) is 11.5 Å². The van der Waals surface area contributed by atoms with Crippen molar-refractivity contribution in [1.82, 2.24) is 4.98 Å². The molecule has 0 saturated carbocycles. The number of nitrogens with zero attached hydrogens (tertiary/aromatic N) is 1. The third kappa shape index (κ3) is 3.05. The Morgan fingerprint density at radius 3 is 2.40 bits per heavy atom. The second-order valence-corrected chi connectivity index (χ2v) is 4.64. The molecule has 2 aromatic rings. The number of hydrogen-bond donors (Lipinski definition) is 1. The molecule has 20 heavy (non-hydrogen) atoms. The zero-order chi connectivity index (χ0) is 14.7. The normalized spacial score (nSPS) is 10.2. The number of nitrogens with one attached hydrogen (secondary N) is 1. The second kappa shape index (κ2) is 6.15. The summed E-state index contributed by atoms with van der Waals surface area (Å²) >= 11 is 11.6. The summed E-state index contributed by atoms with van der Waals surface area (Å²) in [6.07, 6.45) is 1.34. The van der Waals surface area contributed by atoms with E-state index in [1.54, 1.807) is 12.1 Å². The van der Waals surface area contributed by atoms with Gasteiger partial charge in [0, 0.05) is 18.3 Å². The molecule has 1 heterocycles. The van der Waals surface area contributed by atoms with Gasteiger partial charge in [0.05, 0.1) is 30.0 Å². The molecule has 0 fully saturated rings. The van der Waals surface area contributed by atoms with Gasteiger partial charge in [0.15, 0.2) is 11.6 Å². The van der Waals surface area contributed by atoms with Crippen molar-refractivity contribution < 1.29 is 13.9 Å². The van der Waals surface area contributed by atoms with E-state index in [0.29, 0.717) is 22.2 Å². The molecular weight excluding hydrogens is 306 g/mol. The Labute approximate surface area is 125 Å². The highest BCUT2D eigenvalue weighted by Crippen LogP contribution is 2.37. The molecule has 0 bridgehead atoms. The van der Waals surface area contributed by atoms with E-state index < -0.39 is 5.82 Å². The molecule has 106 valence electrons. The van der Waals surface area contributed by atoms with Gasteiger partial charge in [-0.25, -0.2) is 9.37 Å². The van der Waals surface area contributed by atoms with Crippen LogP contribution in [0.3, 0.4) is 0 Å². The Morgan fingerprint density at radius 1 is 1.10 bits per heavy atom. The fraction of sp³-hybridized carbons (Fsp3) is 0.154. The van der Waals surface area contributed by atoms with Crippen LogP contribution in [0, 0.1) is 5.82 Å². The van der Waals surface area contributed by atoms with E-state index >= 15 is 0 Å². The smallest absolute Gasteiger partial charge is 0.167 e. The Morgan fingerprint density at radius 2 is 1.80 bits per heavy atom. The standard InChI is InChI=1S/C13H11Cl2FN2O2/c1-19-11-5-10(12(20-2)4-8(11)15)18-13-9(16)3-7(14)6-17-13/h3-6H,1-2H3,(H,17,18). The predicted molar refractivity (Wildman–Crippen MR) is 77.0 cm³/mol. The van der Waals surface area contributed by atoms with Crippen LogP contribution < -0.4 is 14.8 Å². The number of rotatable bonds is 4. The van der Waals surface area contributed by atoms with E-state index in [2.05, 4.69) is 10.3 Å². The molecule has 0 atom stereocenters. The van der Waals surface area contributed by atoms with E-state index in [-0.39, 0.29) is 10.8 Å². The zero-order valence-electron chi connectivity index (χ0n) is 10.7. The van der Waals surface area contributed by atoms with Crippen LogP contribution in [0.25, 0.3) is 0 Å². The highest BCUT2D eigenvalue weighted by atomic mass is 35.5. The predicted octanol–water partition coefficient (Wildman–Crippen LogP) is 4.29. The van der Waals surface area contributed by atoms with Gasteiger partial charge in [-0.3, -0.25) is 0 Å². The van der Waals surface area contributed by atoms with Crippen molar-refractivity contribution in [3.63, 3.8) is 0 Å². The average Bonchev–Trinajstić information content (AvgIpc) is 2.43. The lowest BCUT2D eigenvalue weighted by Crippen LogP contribution is -2.00. The molecular formula is C13H11Cl2FN2O2. The van der Waals surface area contributed by atoms with Crippen LogP contribution in [0.2, 0.25) is 10.0 Å². The summed E-state index contributed by atoms with van der Waals surface area (Å²) < 4.78 is 24.0. The maximum absolute atomic E-state index is 13.7. The van der Waals surface area contributed by atoms with Crippen LogP contribution in [0.1, 0.15) is 0 Å². The third-order valence-electron chi connectivity index (χ3n) is 2.53. The monoisotopic (exact) mass is 316 g/mol. The Balaban J connectivity index is 2.41. The molecule has 0 aliphatic rings. The molecule has 1 aromatic carbocycles. The fourth-order valence-corrected chi connectivity index (χ4v) is 1.97. The fourth-order valence-electron chi connectivity index (χ4n) is 1.59. The summed E-state index contributed by atoms with van der Waals surface area (Å²) in [5.74, 6) is 0.321. The first kappa shape index (κ1) is 14.7. The van der Waals surface area contributed by atoms with Gasteiger partial charge in [-0.15, -0.1) is 0 Å². The van der Waals surface area contributed by atoms with Crippen molar-refractivity contribution in [2.45, 2.75) is 0 Å². The molecule has 1 N–H and O–H groups in total. The lowest BCUT2D eigenvalue weighted by molar-refractivity contribution is 0.405. The van der Waals surface area contributed by atoms with E-state index in [9.17, 15) is 4.39 Å². The zero-order valence-corrected chi connectivity index (χ0v) is 12.2. The van der Waals surface area contributed by atoms with Gasteiger partial charge in [0.1, 0.15) is 11.5 Å². The molecule has 0 aliphatic heterocycles. The first-order valence-electron chi connectivity index (χ1n) is 5.54. The van der Waals surface area contributed by atoms with Gasteiger partial charge in [-0.2, -0.15) is 0 Å². The van der Waals surface area contributed by atoms with Gasteiger partial charge >= 0.3 is 0 Å². The lowest BCUT2D eigenvalue weighted by Gasteiger charge is -2.13. The molecule has 0 saturated heterocycles. The van der Waals surface area contributed by atoms with Crippen LogP contribution in [-0.4, -0.2) is 19.2 Å². The van der Waals surface area contributed by atoms with Crippen molar-refractivity contribution in [2.75, 3.05) is 19.5 Å². The van der Waals surface area contributed by atoms with Gasteiger partial charge in [-0.05, 0) is 6.07 Å². The minimum absolute atomic E-state index is 0.0251. The number of aromatic nitrogens is 1. The summed E-state index contributed by atoms with van der Waals surface area (Å²) in [6, 6.07) is 4.32. The Kier molecular flexibility index (Phi) is 4.52. The second-order valence-electron chi connectivity index (χ2n) is 3.80. The minimum atomic E-state index is -0.575. The number of pyridine rings is 1. The molecule has 0 amide bonds. The van der Waals surface area contributed by atoms with Crippen LogP contribution >= 0.6 is 23.2 Å². The number of halogens is 3. The Hall–Kier alpha value is -1.72. The molecule has 4 nitrogen and oxygen atoms in total. The molecule has 0 unspecified atom stereocenters. The van der Waals surface area contributed by atoms with E-state index in [1.807, 2.05) is 0 Å². The van der Waals surface area contributed by atoms with Crippen LogP contribution in [0.4, 0.5) is 15.9 Å². The number of hydrogen-bond acceptors (Lipinski definition) is 4. The summed E-state index contributed by atoms with van der Waals surface area (Å²) in [7, 11) is 2.97. The van der Waals surface area contributed by atoms with Gasteiger partial charge < -0.3 is 14.8 Å². The SMILES string of the molecule is COc1cc(Nc2ncc(Cl)cc2F)c(OC)cc1Cl. The molecule has 0 aliphatic carbocycles. The van der Waals surface area contributed by atoms with Crippen molar-refractivity contribution in [3.05, 3.63) is 40.3 Å². The summed E-state index contributed by atoms with van der Waals surface area (Å²) in [5, 5.41) is 3.42. The quantitative estimate of drug-likeness (QED) is 0.913. The van der Waals surface area contributed by atoms with Crippen molar-refractivity contribution >= 4 is 34.7 Å². The van der Waals surface area contributed by atoms with Crippen LogP contribution in [0.5, 0.6) is 11.5 Å². The van der Waals surface area contributed by atoms with E-state index in [1.165, 1.54) is 20.4 Å². The maximum Gasteiger partial charge on any atom is 0.167 e. The van der Waals surface area contributed by atoms with Gasteiger partial charge in [0.2, 0.25) is 0 Å². The number of methoxy groups -OCH3 is 2. The van der Waals surface area contributed by atoms with E-state index in [4.69, 9.17) is 32.7 Å². The number of anilines is 2. The molecule has 7 heteroatoms. The highest BCUT2D eigenvalue weighted by Gasteiger charge is 2.12. The largest absolute Gasteiger partial charge is 0.495 e. The Bertz CT molecular complexity index is 638. The molecule has 0 radical (unpaired) electrons. The summed E-state index contributed by atoms with van der Waals surface area (Å²) in [4.78, 5) is 3.88. The van der Waals surface area contributed by atoms with Crippen LogP contribution in [0.15, 0.2) is 24.4 Å². The van der Waals surface area contributed by atoms with Gasteiger partial charge in [0.25, 0.3) is 0 Å². The number of ether oxygens (including phenoxy) is 2. The first-order chi connectivity index (χ1) is 9.55. The maximum atomic E-state index is 13.7.